The van der Waals surface area contributed by atoms with E-state index in [0.29, 0.717) is 24.8 Å². The van der Waals surface area contributed by atoms with Crippen LogP contribution >= 0.6 is 0 Å². The molecule has 0 aliphatic rings. The van der Waals surface area contributed by atoms with Gasteiger partial charge in [0, 0.05) is 29.7 Å². The molecule has 5 heteroatoms. The zero-order valence-corrected chi connectivity index (χ0v) is 15.1. The minimum Gasteiger partial charge on any atom is -0.465 e. The summed E-state index contributed by atoms with van der Waals surface area (Å²) in [7, 11) is 0. The highest BCUT2D eigenvalue weighted by molar-refractivity contribution is 5.87. The number of carbonyl (C=O) groups is 3. The van der Waals surface area contributed by atoms with Crippen molar-refractivity contribution in [1.82, 2.24) is 0 Å². The summed E-state index contributed by atoms with van der Waals surface area (Å²) in [5, 5.41) is 0. The van der Waals surface area contributed by atoms with Crippen molar-refractivity contribution in [2.75, 3.05) is 13.2 Å². The van der Waals surface area contributed by atoms with Gasteiger partial charge in [-0.1, -0.05) is 34.3 Å². The smallest absolute Gasteiger partial charge is 0.333 e. The van der Waals surface area contributed by atoms with E-state index in [1.54, 1.807) is 13.8 Å². The fourth-order valence-corrected chi connectivity index (χ4v) is 1.92. The number of esters is 2. The van der Waals surface area contributed by atoms with E-state index in [1.807, 2.05) is 20.8 Å². The molecule has 0 spiro atoms. The predicted octanol–water partition coefficient (Wildman–Crippen LogP) is 3.46. The van der Waals surface area contributed by atoms with Gasteiger partial charge in [-0.2, -0.15) is 0 Å². The molecule has 0 bridgehead atoms. The molecule has 0 amide bonds. The van der Waals surface area contributed by atoms with Crippen molar-refractivity contribution in [1.29, 1.82) is 0 Å². The van der Waals surface area contributed by atoms with Crippen LogP contribution < -0.4 is 0 Å². The van der Waals surface area contributed by atoms with Crippen LogP contribution in [0.5, 0.6) is 0 Å². The quantitative estimate of drug-likeness (QED) is 0.429. The number of ether oxygens (including phenoxy) is 2. The van der Waals surface area contributed by atoms with Crippen LogP contribution in [0.25, 0.3) is 0 Å². The van der Waals surface area contributed by atoms with Crippen molar-refractivity contribution < 1.29 is 23.9 Å². The number of hydrogen-bond donors (Lipinski definition) is 0. The minimum atomic E-state index is -0.541. The first-order chi connectivity index (χ1) is 10.7. The van der Waals surface area contributed by atoms with Gasteiger partial charge in [0.1, 0.15) is 19.0 Å². The van der Waals surface area contributed by atoms with Gasteiger partial charge in [0.05, 0.1) is 0 Å². The Balaban J connectivity index is 4.96. The highest BCUT2D eigenvalue weighted by Gasteiger charge is 2.33. The molecule has 23 heavy (non-hydrogen) atoms. The van der Waals surface area contributed by atoms with E-state index < -0.39 is 11.4 Å². The molecule has 1 unspecified atom stereocenters. The first kappa shape index (κ1) is 21.4. The zero-order chi connectivity index (χ0) is 18.0. The maximum absolute atomic E-state index is 11.9. The van der Waals surface area contributed by atoms with E-state index >= 15 is 0 Å². The van der Waals surface area contributed by atoms with Crippen molar-refractivity contribution in [3.05, 3.63) is 12.2 Å². The van der Waals surface area contributed by atoms with Gasteiger partial charge in [0.25, 0.3) is 0 Å². The topological polar surface area (TPSA) is 69.7 Å². The summed E-state index contributed by atoms with van der Waals surface area (Å²) >= 11 is 0. The Bertz CT molecular complexity index is 439. The second-order valence-corrected chi connectivity index (χ2v) is 6.35. The van der Waals surface area contributed by atoms with Crippen LogP contribution in [0.1, 0.15) is 60.3 Å². The van der Waals surface area contributed by atoms with E-state index in [-0.39, 0.29) is 37.3 Å². The van der Waals surface area contributed by atoms with Gasteiger partial charge in [0.15, 0.2) is 0 Å². The van der Waals surface area contributed by atoms with Crippen LogP contribution in [-0.4, -0.2) is 30.9 Å². The van der Waals surface area contributed by atoms with Crippen molar-refractivity contribution in [2.24, 2.45) is 11.3 Å². The average Bonchev–Trinajstić information content (AvgIpc) is 2.53. The lowest BCUT2D eigenvalue weighted by atomic mass is 9.80. The van der Waals surface area contributed by atoms with Crippen molar-refractivity contribution in [2.45, 2.75) is 60.3 Å². The molecule has 0 radical (unpaired) electrons. The third kappa shape index (κ3) is 7.95. The van der Waals surface area contributed by atoms with Crippen LogP contribution in [0.4, 0.5) is 0 Å². The Kier molecular flexibility index (Phi) is 9.46. The SMILES string of the molecule is C=C(C)C(=O)OCC(CC)(CCC(=O)C(C)C)COC(=O)CC. The van der Waals surface area contributed by atoms with E-state index in [4.69, 9.17) is 9.47 Å². The Labute approximate surface area is 139 Å². The number of Topliss-reactive ketones (excluding diaryl/α,β-unsaturated/α-hetero) is 1. The third-order valence-electron chi connectivity index (χ3n) is 3.98. The Hall–Kier alpha value is -1.65. The molecule has 0 saturated heterocycles. The van der Waals surface area contributed by atoms with Crippen molar-refractivity contribution >= 4 is 17.7 Å². The Morgan fingerprint density at radius 3 is 2.09 bits per heavy atom. The van der Waals surface area contributed by atoms with Crippen molar-refractivity contribution in [3.8, 4) is 0 Å². The van der Waals surface area contributed by atoms with Crippen LogP contribution in [-0.2, 0) is 23.9 Å². The summed E-state index contributed by atoms with van der Waals surface area (Å²) in [5.74, 6) is -0.666. The first-order valence-electron chi connectivity index (χ1n) is 8.18. The van der Waals surface area contributed by atoms with E-state index in [2.05, 4.69) is 6.58 Å². The molecule has 5 nitrogen and oxygen atoms in total. The lowest BCUT2D eigenvalue weighted by Gasteiger charge is -2.31. The average molecular weight is 326 g/mol. The molecule has 0 aliphatic heterocycles. The van der Waals surface area contributed by atoms with Crippen LogP contribution in [0.2, 0.25) is 0 Å². The highest BCUT2D eigenvalue weighted by atomic mass is 16.5. The maximum Gasteiger partial charge on any atom is 0.333 e. The van der Waals surface area contributed by atoms with Gasteiger partial charge in [-0.05, 0) is 19.8 Å². The number of hydrogen-bond acceptors (Lipinski definition) is 5. The molecule has 0 heterocycles. The zero-order valence-electron chi connectivity index (χ0n) is 15.1. The number of ketones is 1. The van der Waals surface area contributed by atoms with E-state index in [1.165, 1.54) is 0 Å². The second-order valence-electron chi connectivity index (χ2n) is 6.35. The fourth-order valence-electron chi connectivity index (χ4n) is 1.92. The summed E-state index contributed by atoms with van der Waals surface area (Å²) in [6.07, 6.45) is 1.82. The summed E-state index contributed by atoms with van der Waals surface area (Å²) in [4.78, 5) is 35.0. The van der Waals surface area contributed by atoms with Gasteiger partial charge in [0.2, 0.25) is 0 Å². The van der Waals surface area contributed by atoms with Gasteiger partial charge < -0.3 is 9.47 Å². The molecule has 1 atom stereocenters. The van der Waals surface area contributed by atoms with Crippen LogP contribution in [0.3, 0.4) is 0 Å². The largest absolute Gasteiger partial charge is 0.465 e. The molecule has 0 fully saturated rings. The number of carbonyl (C=O) groups excluding carboxylic acids is 3. The molecule has 0 saturated carbocycles. The van der Waals surface area contributed by atoms with E-state index in [9.17, 15) is 14.4 Å². The minimum absolute atomic E-state index is 0.0410. The van der Waals surface area contributed by atoms with Gasteiger partial charge in [-0.25, -0.2) is 4.79 Å². The standard InChI is InChI=1S/C18H30O5/c1-7-16(20)22-11-18(8-2,10-9-15(19)13(3)4)12-23-17(21)14(5)6/h13H,5,7-12H2,1-4,6H3. The lowest BCUT2D eigenvalue weighted by Crippen LogP contribution is -2.35. The monoisotopic (exact) mass is 326 g/mol. The second kappa shape index (κ2) is 10.2. The molecular weight excluding hydrogens is 296 g/mol. The molecule has 0 aromatic rings. The summed E-state index contributed by atoms with van der Waals surface area (Å²) < 4.78 is 10.5. The first-order valence-corrected chi connectivity index (χ1v) is 8.18. The fraction of sp³-hybridized carbons (Fsp3) is 0.722. The van der Waals surface area contributed by atoms with Gasteiger partial charge in [-0.15, -0.1) is 0 Å². The van der Waals surface area contributed by atoms with Crippen LogP contribution in [0, 0.1) is 11.3 Å². The lowest BCUT2D eigenvalue weighted by molar-refractivity contribution is -0.152. The summed E-state index contributed by atoms with van der Waals surface area (Å²) in [6, 6.07) is 0. The molecule has 0 aromatic carbocycles. The van der Waals surface area contributed by atoms with Crippen LogP contribution in [0.15, 0.2) is 12.2 Å². The molecule has 0 rings (SSSR count). The normalized spacial score (nSPS) is 13.3. The molecular formula is C18H30O5. The maximum atomic E-state index is 11.9. The van der Waals surface area contributed by atoms with Crippen molar-refractivity contribution in [3.63, 3.8) is 0 Å². The predicted molar refractivity (Wildman–Crippen MR) is 88.8 cm³/mol. The number of rotatable bonds is 11. The Morgan fingerprint density at radius 1 is 1.09 bits per heavy atom. The molecule has 0 aromatic heterocycles. The molecule has 0 aliphatic carbocycles. The van der Waals surface area contributed by atoms with Gasteiger partial charge >= 0.3 is 11.9 Å². The highest BCUT2D eigenvalue weighted by Crippen LogP contribution is 2.30. The van der Waals surface area contributed by atoms with Gasteiger partial charge in [-0.3, -0.25) is 9.59 Å². The molecule has 132 valence electrons. The molecule has 0 N–H and O–H groups in total. The summed E-state index contributed by atoms with van der Waals surface area (Å²) in [6.45, 7) is 12.8. The summed E-state index contributed by atoms with van der Waals surface area (Å²) in [5.41, 5.74) is -0.223. The Morgan fingerprint density at radius 2 is 1.65 bits per heavy atom. The third-order valence-corrected chi connectivity index (χ3v) is 3.98. The van der Waals surface area contributed by atoms with E-state index in [0.717, 1.165) is 0 Å².